The molecule has 19 heavy (non-hydrogen) atoms. The lowest BCUT2D eigenvalue weighted by atomic mass is 10.4. The van der Waals surface area contributed by atoms with Gasteiger partial charge in [0.1, 0.15) is 12.4 Å². The third-order valence-electron chi connectivity index (χ3n) is 2.62. The van der Waals surface area contributed by atoms with Gasteiger partial charge in [0.2, 0.25) is 5.09 Å². The maximum Gasteiger partial charge on any atom is 0.276 e. The average Bonchev–Trinajstić information content (AvgIpc) is 2.98. The molecule has 0 atom stereocenters. The van der Waals surface area contributed by atoms with Crippen molar-refractivity contribution in [3.63, 3.8) is 0 Å². The van der Waals surface area contributed by atoms with E-state index in [2.05, 4.69) is 5.10 Å². The highest BCUT2D eigenvalue weighted by atomic mass is 32.2. The second-order valence-corrected chi connectivity index (χ2v) is 6.14. The maximum atomic E-state index is 12.2. The second-order valence-electron chi connectivity index (χ2n) is 4.16. The molecular weight excluding hydrogens is 270 g/mol. The number of hydrogen-bond acceptors (Lipinski definition) is 5. The van der Waals surface area contributed by atoms with Gasteiger partial charge in [0.15, 0.2) is 0 Å². The van der Waals surface area contributed by atoms with Crippen LogP contribution in [0.2, 0.25) is 0 Å². The van der Waals surface area contributed by atoms with Gasteiger partial charge in [-0.15, -0.1) is 0 Å². The van der Waals surface area contributed by atoms with Gasteiger partial charge in [-0.3, -0.25) is 4.68 Å². The molecule has 0 aromatic carbocycles. The van der Waals surface area contributed by atoms with Gasteiger partial charge in [0, 0.05) is 32.4 Å². The fraction of sp³-hybridized carbons (Fsp3) is 0.364. The van der Waals surface area contributed by atoms with Crippen LogP contribution in [0.1, 0.15) is 11.3 Å². The van der Waals surface area contributed by atoms with Crippen LogP contribution in [0.3, 0.4) is 0 Å². The van der Waals surface area contributed by atoms with E-state index in [1.165, 1.54) is 23.5 Å². The van der Waals surface area contributed by atoms with Crippen LogP contribution in [-0.2, 0) is 30.2 Å². The summed E-state index contributed by atoms with van der Waals surface area (Å²) in [4.78, 5) is 0. The zero-order valence-corrected chi connectivity index (χ0v) is 11.5. The zero-order valence-electron chi connectivity index (χ0n) is 10.6. The topological polar surface area (TPSA) is 88.6 Å². The molecule has 0 saturated heterocycles. The number of nitrogens with zero attached hydrogens (tertiary/aromatic N) is 3. The van der Waals surface area contributed by atoms with E-state index in [0.717, 1.165) is 5.56 Å². The summed E-state index contributed by atoms with van der Waals surface area (Å²) in [7, 11) is -0.475. The van der Waals surface area contributed by atoms with Crippen molar-refractivity contribution < 1.29 is 17.9 Å². The summed E-state index contributed by atoms with van der Waals surface area (Å²) in [5.74, 6) is 0.216. The van der Waals surface area contributed by atoms with Gasteiger partial charge in [-0.1, -0.05) is 0 Å². The molecule has 7 nitrogen and oxygen atoms in total. The Morgan fingerprint density at radius 2 is 2.21 bits per heavy atom. The first-order chi connectivity index (χ1) is 8.93. The van der Waals surface area contributed by atoms with Gasteiger partial charge < -0.3 is 9.52 Å². The normalized spacial score (nSPS) is 12.2. The lowest BCUT2D eigenvalue weighted by molar-refractivity contribution is 0.235. The molecule has 1 N–H and O–H groups in total. The summed E-state index contributed by atoms with van der Waals surface area (Å²) in [5.41, 5.74) is 0.780. The number of aliphatic hydroxyl groups is 1. The molecule has 8 heteroatoms. The molecule has 0 saturated carbocycles. The van der Waals surface area contributed by atoms with Crippen molar-refractivity contribution >= 4 is 10.0 Å². The van der Waals surface area contributed by atoms with Crippen molar-refractivity contribution in [2.45, 2.75) is 18.2 Å². The number of aromatic nitrogens is 2. The zero-order chi connectivity index (χ0) is 14.0. The molecule has 104 valence electrons. The summed E-state index contributed by atoms with van der Waals surface area (Å²) < 4.78 is 32.2. The van der Waals surface area contributed by atoms with E-state index in [4.69, 9.17) is 9.52 Å². The molecule has 0 fully saturated rings. The van der Waals surface area contributed by atoms with Crippen LogP contribution in [0.4, 0.5) is 0 Å². The third kappa shape index (κ3) is 2.86. The van der Waals surface area contributed by atoms with E-state index >= 15 is 0 Å². The van der Waals surface area contributed by atoms with Crippen molar-refractivity contribution in [2.24, 2.45) is 7.05 Å². The smallest absolute Gasteiger partial charge is 0.276 e. The highest BCUT2D eigenvalue weighted by Gasteiger charge is 2.24. The molecule has 0 amide bonds. The van der Waals surface area contributed by atoms with Crippen molar-refractivity contribution in [2.75, 3.05) is 7.05 Å². The lowest BCUT2D eigenvalue weighted by Crippen LogP contribution is -2.26. The van der Waals surface area contributed by atoms with E-state index in [1.54, 1.807) is 24.1 Å². The van der Waals surface area contributed by atoms with Crippen LogP contribution >= 0.6 is 0 Å². The highest BCUT2D eigenvalue weighted by Crippen LogP contribution is 2.19. The summed E-state index contributed by atoms with van der Waals surface area (Å²) in [5, 5.41) is 12.7. The van der Waals surface area contributed by atoms with E-state index < -0.39 is 10.0 Å². The van der Waals surface area contributed by atoms with E-state index in [0.29, 0.717) is 0 Å². The summed E-state index contributed by atoms with van der Waals surface area (Å²) in [6, 6.07) is 2.77. The van der Waals surface area contributed by atoms with Crippen molar-refractivity contribution in [1.82, 2.24) is 14.1 Å². The van der Waals surface area contributed by atoms with Gasteiger partial charge in [-0.2, -0.15) is 9.40 Å². The van der Waals surface area contributed by atoms with Crippen LogP contribution in [0.5, 0.6) is 0 Å². The fourth-order valence-electron chi connectivity index (χ4n) is 1.63. The molecule has 0 unspecified atom stereocenters. The Kier molecular flexibility index (Phi) is 3.74. The second kappa shape index (κ2) is 5.16. The van der Waals surface area contributed by atoms with Gasteiger partial charge in [-0.25, -0.2) is 8.42 Å². The lowest BCUT2D eigenvalue weighted by Gasteiger charge is -2.14. The molecule has 2 heterocycles. The van der Waals surface area contributed by atoms with Gasteiger partial charge in [-0.05, 0) is 12.1 Å². The molecule has 0 spiro atoms. The van der Waals surface area contributed by atoms with Gasteiger partial charge >= 0.3 is 0 Å². The van der Waals surface area contributed by atoms with Crippen LogP contribution in [0.15, 0.2) is 34.0 Å². The number of hydrogen-bond donors (Lipinski definition) is 1. The predicted octanol–water partition coefficient (Wildman–Crippen LogP) is 0.326. The molecule has 2 rings (SSSR count). The minimum atomic E-state index is -3.70. The molecule has 2 aromatic rings. The Labute approximate surface area is 111 Å². The number of furan rings is 1. The van der Waals surface area contributed by atoms with Gasteiger partial charge in [0.05, 0.1) is 6.20 Å². The van der Waals surface area contributed by atoms with Crippen LogP contribution in [0.25, 0.3) is 0 Å². The molecule has 0 aliphatic rings. The van der Waals surface area contributed by atoms with Crippen molar-refractivity contribution in [3.8, 4) is 0 Å². The Hall–Kier alpha value is -1.64. The quantitative estimate of drug-likeness (QED) is 0.855. The largest absolute Gasteiger partial charge is 0.446 e. The average molecular weight is 285 g/mol. The fourth-order valence-corrected chi connectivity index (χ4v) is 2.71. The van der Waals surface area contributed by atoms with Crippen LogP contribution < -0.4 is 0 Å². The van der Waals surface area contributed by atoms with Crippen LogP contribution in [-0.4, -0.2) is 34.7 Å². The molecule has 0 aliphatic heterocycles. The summed E-state index contributed by atoms with van der Waals surface area (Å²) in [6.45, 7) is -0.132. The predicted molar refractivity (Wildman–Crippen MR) is 66.5 cm³/mol. The molecule has 0 bridgehead atoms. The maximum absolute atomic E-state index is 12.2. The van der Waals surface area contributed by atoms with E-state index in [-0.39, 0.29) is 24.0 Å². The van der Waals surface area contributed by atoms with Gasteiger partial charge in [0.25, 0.3) is 10.0 Å². The first-order valence-corrected chi connectivity index (χ1v) is 7.01. The minimum absolute atomic E-state index is 0.178. The molecule has 0 aliphatic carbocycles. The molecule has 2 aromatic heterocycles. The minimum Gasteiger partial charge on any atom is -0.446 e. The van der Waals surface area contributed by atoms with Crippen LogP contribution in [0, 0.1) is 0 Å². The van der Waals surface area contributed by atoms with E-state index in [1.807, 2.05) is 0 Å². The first-order valence-electron chi connectivity index (χ1n) is 5.57. The Bertz CT molecular complexity index is 659. The molecule has 0 radical (unpaired) electrons. The summed E-state index contributed by atoms with van der Waals surface area (Å²) in [6.07, 6.45) is 3.35. The Balaban J connectivity index is 2.19. The Morgan fingerprint density at radius 1 is 1.47 bits per heavy atom. The SMILES string of the molecule is CN(Cc1cnn(C)c1)S(=O)(=O)c1ccc(CO)o1. The number of sulfonamides is 1. The number of aliphatic hydroxyl groups excluding tert-OH is 1. The monoisotopic (exact) mass is 285 g/mol. The third-order valence-corrected chi connectivity index (χ3v) is 4.30. The standard InChI is InChI=1S/C11H15N3O4S/c1-13-6-9(5-12-13)7-14(2)19(16,17)11-4-3-10(8-15)18-11/h3-6,15H,7-8H2,1-2H3. The van der Waals surface area contributed by atoms with E-state index in [9.17, 15) is 8.42 Å². The number of rotatable bonds is 5. The molecular formula is C11H15N3O4S. The first kappa shape index (κ1) is 13.8. The number of aryl methyl sites for hydroxylation is 1. The van der Waals surface area contributed by atoms with Crippen molar-refractivity contribution in [1.29, 1.82) is 0 Å². The highest BCUT2D eigenvalue weighted by molar-refractivity contribution is 7.88. The Morgan fingerprint density at radius 3 is 2.74 bits per heavy atom. The summed E-state index contributed by atoms with van der Waals surface area (Å²) >= 11 is 0. The van der Waals surface area contributed by atoms with Crippen molar-refractivity contribution in [3.05, 3.63) is 35.9 Å².